The second-order valence-electron chi connectivity index (χ2n) is 6.90. The molecule has 2 aliphatic rings. The van der Waals surface area contributed by atoms with Crippen molar-refractivity contribution in [3.8, 4) is 0 Å². The Morgan fingerprint density at radius 2 is 2.04 bits per heavy atom. The number of piperidine rings is 1. The van der Waals surface area contributed by atoms with Gasteiger partial charge in [-0.3, -0.25) is 4.79 Å². The lowest BCUT2D eigenvalue weighted by Crippen LogP contribution is -2.43. The zero-order chi connectivity index (χ0) is 17.1. The highest BCUT2D eigenvalue weighted by atomic mass is 16.5. The van der Waals surface area contributed by atoms with Crippen molar-refractivity contribution < 1.29 is 13.9 Å². The Hall–Kier alpha value is -1.92. The van der Waals surface area contributed by atoms with Crippen LogP contribution in [0.3, 0.4) is 0 Å². The van der Waals surface area contributed by atoms with Gasteiger partial charge in [0.2, 0.25) is 5.91 Å². The maximum Gasteiger partial charge on any atom is 0.224 e. The van der Waals surface area contributed by atoms with E-state index in [1.54, 1.807) is 0 Å². The van der Waals surface area contributed by atoms with E-state index >= 15 is 0 Å². The average molecular weight is 343 g/mol. The molecule has 0 bridgehead atoms. The van der Waals surface area contributed by atoms with Crippen LogP contribution in [0.4, 0.5) is 0 Å². The Labute approximate surface area is 147 Å². The van der Waals surface area contributed by atoms with E-state index in [1.165, 1.54) is 0 Å². The number of hydrogen-bond acceptors (Lipinski definition) is 5. The average Bonchev–Trinajstić information content (AvgIpc) is 3.11. The minimum Gasteiger partial charge on any atom is -0.440 e. The van der Waals surface area contributed by atoms with Gasteiger partial charge >= 0.3 is 0 Å². The number of benzene rings is 1. The van der Waals surface area contributed by atoms with Crippen LogP contribution in [-0.2, 0) is 9.53 Å². The second kappa shape index (κ2) is 7.54. The molecule has 1 unspecified atom stereocenters. The molecule has 2 fully saturated rings. The molecule has 4 rings (SSSR count). The fraction of sp³-hybridized carbons (Fsp3) is 0.579. The van der Waals surface area contributed by atoms with Gasteiger partial charge in [0.25, 0.3) is 0 Å². The molecule has 2 saturated heterocycles. The molecular weight excluding hydrogens is 318 g/mol. The number of carbonyl (C=O) groups excluding carboxylic acids is 1. The molecule has 0 N–H and O–H groups in total. The summed E-state index contributed by atoms with van der Waals surface area (Å²) in [5, 5.41) is 0. The van der Waals surface area contributed by atoms with Crippen molar-refractivity contribution in [2.45, 2.75) is 25.2 Å². The highest BCUT2D eigenvalue weighted by Gasteiger charge is 2.26. The van der Waals surface area contributed by atoms with Crippen molar-refractivity contribution in [1.82, 2.24) is 14.8 Å². The van der Waals surface area contributed by atoms with Crippen LogP contribution >= 0.6 is 0 Å². The van der Waals surface area contributed by atoms with E-state index in [-0.39, 0.29) is 5.91 Å². The van der Waals surface area contributed by atoms with Crippen LogP contribution in [-0.4, -0.2) is 66.6 Å². The number of amides is 1. The summed E-state index contributed by atoms with van der Waals surface area (Å²) in [5.41, 5.74) is 1.79. The van der Waals surface area contributed by atoms with Crippen LogP contribution in [0, 0.1) is 0 Å². The molecule has 0 radical (unpaired) electrons. The molecule has 1 aromatic carbocycles. The lowest BCUT2D eigenvalue weighted by molar-refractivity contribution is -0.135. The van der Waals surface area contributed by atoms with Crippen LogP contribution in [0.15, 0.2) is 28.7 Å². The topological polar surface area (TPSA) is 58.8 Å². The summed E-state index contributed by atoms with van der Waals surface area (Å²) in [7, 11) is 0. The highest BCUT2D eigenvalue weighted by molar-refractivity contribution is 5.76. The van der Waals surface area contributed by atoms with Crippen molar-refractivity contribution >= 4 is 17.0 Å². The van der Waals surface area contributed by atoms with Gasteiger partial charge in [-0.1, -0.05) is 12.1 Å². The third-order valence-electron chi connectivity index (χ3n) is 5.17. The zero-order valence-corrected chi connectivity index (χ0v) is 14.5. The minimum atomic E-state index is 0.243. The smallest absolute Gasteiger partial charge is 0.224 e. The second-order valence-corrected chi connectivity index (χ2v) is 6.90. The molecule has 1 atom stereocenters. The molecule has 1 aromatic heterocycles. The molecule has 0 saturated carbocycles. The number of oxazole rings is 1. The normalized spacial score (nSPS) is 22.4. The molecule has 0 aliphatic carbocycles. The van der Waals surface area contributed by atoms with E-state index in [0.29, 0.717) is 25.6 Å². The summed E-state index contributed by atoms with van der Waals surface area (Å²) in [6, 6.07) is 7.91. The Bertz CT molecular complexity index is 691. The Kier molecular flexibility index (Phi) is 4.99. The summed E-state index contributed by atoms with van der Waals surface area (Å²) in [6.07, 6.45) is 2.80. The molecular formula is C19H25N3O3. The van der Waals surface area contributed by atoms with Gasteiger partial charge in [-0.15, -0.1) is 0 Å². The van der Waals surface area contributed by atoms with Crippen LogP contribution in [0.1, 0.15) is 31.1 Å². The first-order valence-electron chi connectivity index (χ1n) is 9.23. The van der Waals surface area contributed by atoms with Crippen molar-refractivity contribution in [2.24, 2.45) is 0 Å². The number of fused-ring (bicyclic) bond motifs is 1. The van der Waals surface area contributed by atoms with Crippen molar-refractivity contribution in [2.75, 3.05) is 45.9 Å². The molecule has 2 aromatic rings. The summed E-state index contributed by atoms with van der Waals surface area (Å²) in [5.74, 6) is 1.40. The Morgan fingerprint density at radius 3 is 2.88 bits per heavy atom. The van der Waals surface area contributed by atoms with Gasteiger partial charge in [-0.05, 0) is 31.5 Å². The van der Waals surface area contributed by atoms with Gasteiger partial charge in [-0.25, -0.2) is 4.98 Å². The number of hydrogen-bond donors (Lipinski definition) is 0. The largest absolute Gasteiger partial charge is 0.440 e. The van der Waals surface area contributed by atoms with Crippen molar-refractivity contribution in [1.29, 1.82) is 0 Å². The maximum absolute atomic E-state index is 12.3. The van der Waals surface area contributed by atoms with Gasteiger partial charge < -0.3 is 19.0 Å². The summed E-state index contributed by atoms with van der Waals surface area (Å²) >= 11 is 0. The van der Waals surface area contributed by atoms with Crippen LogP contribution in [0.5, 0.6) is 0 Å². The quantitative estimate of drug-likeness (QED) is 0.852. The lowest BCUT2D eigenvalue weighted by Gasteiger charge is -2.32. The molecule has 134 valence electrons. The predicted octanol–water partition coefficient (Wildman–Crippen LogP) is 2.26. The van der Waals surface area contributed by atoms with E-state index in [2.05, 4.69) is 9.88 Å². The van der Waals surface area contributed by atoms with Gasteiger partial charge in [0.1, 0.15) is 5.52 Å². The third kappa shape index (κ3) is 3.85. The highest BCUT2D eigenvalue weighted by Crippen LogP contribution is 2.29. The van der Waals surface area contributed by atoms with Crippen molar-refractivity contribution in [3.63, 3.8) is 0 Å². The number of rotatable bonds is 4. The molecule has 3 heterocycles. The van der Waals surface area contributed by atoms with Crippen LogP contribution < -0.4 is 0 Å². The predicted molar refractivity (Wildman–Crippen MR) is 94.4 cm³/mol. The number of ether oxygens (including phenoxy) is 1. The van der Waals surface area contributed by atoms with E-state index in [1.807, 2.05) is 29.2 Å². The Morgan fingerprint density at radius 1 is 1.20 bits per heavy atom. The van der Waals surface area contributed by atoms with Gasteiger partial charge in [0.15, 0.2) is 11.5 Å². The summed E-state index contributed by atoms with van der Waals surface area (Å²) in [6.45, 7) is 5.56. The summed E-state index contributed by atoms with van der Waals surface area (Å²) in [4.78, 5) is 21.3. The van der Waals surface area contributed by atoms with E-state index < -0.39 is 0 Å². The maximum atomic E-state index is 12.3. The molecule has 25 heavy (non-hydrogen) atoms. The molecule has 6 nitrogen and oxygen atoms in total. The fourth-order valence-electron chi connectivity index (χ4n) is 3.75. The molecule has 2 aliphatic heterocycles. The number of para-hydroxylation sites is 2. The molecule has 6 heteroatoms. The van der Waals surface area contributed by atoms with Gasteiger partial charge in [-0.2, -0.15) is 0 Å². The van der Waals surface area contributed by atoms with E-state index in [4.69, 9.17) is 9.15 Å². The van der Waals surface area contributed by atoms with Crippen molar-refractivity contribution in [3.05, 3.63) is 30.2 Å². The zero-order valence-electron chi connectivity index (χ0n) is 14.5. The van der Waals surface area contributed by atoms with Crippen LogP contribution in [0.2, 0.25) is 0 Å². The van der Waals surface area contributed by atoms with E-state index in [0.717, 1.165) is 62.6 Å². The number of morpholine rings is 1. The standard InChI is InChI=1S/C19H25N3O3/c23-18(22-10-12-24-13-11-22)7-9-21-8-3-4-15(14-21)19-20-16-5-1-2-6-17(16)25-19/h1-2,5-6,15H,3-4,7-14H2. The van der Waals surface area contributed by atoms with Gasteiger partial charge in [0, 0.05) is 38.5 Å². The minimum absolute atomic E-state index is 0.243. The third-order valence-corrected chi connectivity index (χ3v) is 5.17. The molecule has 1 amide bonds. The Balaban J connectivity index is 1.33. The van der Waals surface area contributed by atoms with E-state index in [9.17, 15) is 4.79 Å². The molecule has 0 spiro atoms. The first kappa shape index (κ1) is 16.5. The number of carbonyl (C=O) groups is 1. The monoisotopic (exact) mass is 343 g/mol. The first-order valence-corrected chi connectivity index (χ1v) is 9.23. The number of nitrogens with zero attached hydrogens (tertiary/aromatic N) is 3. The SMILES string of the molecule is O=C(CCN1CCCC(c2nc3ccccc3o2)C1)N1CCOCC1. The summed E-state index contributed by atoms with van der Waals surface area (Å²) < 4.78 is 11.3. The fourth-order valence-corrected chi connectivity index (χ4v) is 3.75. The number of aromatic nitrogens is 1. The van der Waals surface area contributed by atoms with Crippen LogP contribution in [0.25, 0.3) is 11.1 Å². The lowest BCUT2D eigenvalue weighted by atomic mass is 9.98. The first-order chi connectivity index (χ1) is 12.3. The van der Waals surface area contributed by atoms with Gasteiger partial charge in [0.05, 0.1) is 13.2 Å². The number of likely N-dealkylation sites (tertiary alicyclic amines) is 1.